The van der Waals surface area contributed by atoms with E-state index in [1.165, 1.54) is 6.42 Å². The Morgan fingerprint density at radius 3 is 2.62 bits per heavy atom. The van der Waals surface area contributed by atoms with Gasteiger partial charge in [-0.05, 0) is 33.1 Å². The van der Waals surface area contributed by atoms with E-state index in [2.05, 4.69) is 31.7 Å². The fraction of sp³-hybridized carbons (Fsp3) is 0.909. The number of rotatable bonds is 2. The summed E-state index contributed by atoms with van der Waals surface area (Å²) in [5.41, 5.74) is 0.296. The van der Waals surface area contributed by atoms with Gasteiger partial charge in [-0.3, -0.25) is 4.90 Å². The van der Waals surface area contributed by atoms with Crippen LogP contribution in [-0.4, -0.2) is 23.5 Å². The summed E-state index contributed by atoms with van der Waals surface area (Å²) in [6.45, 7) is 10.9. The van der Waals surface area contributed by atoms with Crippen molar-refractivity contribution in [2.75, 3.05) is 13.1 Å². The molecule has 0 bridgehead atoms. The lowest BCUT2D eigenvalue weighted by molar-refractivity contribution is 0.162. The number of hydrogen-bond donors (Lipinski definition) is 0. The van der Waals surface area contributed by atoms with Crippen molar-refractivity contribution >= 4 is 0 Å². The zero-order valence-electron chi connectivity index (χ0n) is 9.17. The van der Waals surface area contributed by atoms with Crippen molar-refractivity contribution in [3.05, 3.63) is 0 Å². The van der Waals surface area contributed by atoms with Gasteiger partial charge in [0.25, 0.3) is 0 Å². The minimum Gasteiger partial charge on any atom is -0.297 e. The molecule has 0 amide bonds. The van der Waals surface area contributed by atoms with Crippen LogP contribution in [0.2, 0.25) is 0 Å². The maximum atomic E-state index is 8.75. The zero-order chi connectivity index (χ0) is 10.1. The summed E-state index contributed by atoms with van der Waals surface area (Å²) in [4.78, 5) is 2.45. The topological polar surface area (TPSA) is 27.0 Å². The lowest BCUT2D eigenvalue weighted by atomic mass is 9.97. The van der Waals surface area contributed by atoms with Gasteiger partial charge in [0.2, 0.25) is 0 Å². The number of nitrogens with zero attached hydrogens (tertiary/aromatic N) is 2. The predicted octanol–water partition coefficient (Wildman–Crippen LogP) is 2.27. The Labute approximate surface area is 81.5 Å². The van der Waals surface area contributed by atoms with Crippen molar-refractivity contribution in [3.63, 3.8) is 0 Å². The van der Waals surface area contributed by atoms with Crippen molar-refractivity contribution < 1.29 is 0 Å². The van der Waals surface area contributed by atoms with Crippen LogP contribution in [0.3, 0.4) is 0 Å². The van der Waals surface area contributed by atoms with Crippen LogP contribution in [0.4, 0.5) is 0 Å². The molecule has 0 aliphatic carbocycles. The molecule has 1 fully saturated rings. The van der Waals surface area contributed by atoms with Gasteiger partial charge in [0.15, 0.2) is 0 Å². The normalized spacial score (nSPS) is 29.9. The van der Waals surface area contributed by atoms with Gasteiger partial charge in [0, 0.05) is 18.6 Å². The highest BCUT2D eigenvalue weighted by Crippen LogP contribution is 2.32. The van der Waals surface area contributed by atoms with Crippen LogP contribution in [0.5, 0.6) is 0 Å². The third-order valence-corrected chi connectivity index (χ3v) is 2.95. The van der Waals surface area contributed by atoms with Crippen molar-refractivity contribution in [2.45, 2.75) is 39.7 Å². The molecule has 0 N–H and O–H groups in total. The Hall–Kier alpha value is -0.550. The van der Waals surface area contributed by atoms with E-state index >= 15 is 0 Å². The molecule has 74 valence electrons. The van der Waals surface area contributed by atoms with Crippen molar-refractivity contribution in [1.29, 1.82) is 5.26 Å². The van der Waals surface area contributed by atoms with Crippen LogP contribution >= 0.6 is 0 Å². The fourth-order valence-electron chi connectivity index (χ4n) is 2.36. The molecule has 2 heteroatoms. The smallest absolute Gasteiger partial charge is 0.0666 e. The second kappa shape index (κ2) is 3.67. The highest BCUT2D eigenvalue weighted by atomic mass is 15.2. The third-order valence-electron chi connectivity index (χ3n) is 2.95. The third kappa shape index (κ3) is 2.45. The summed E-state index contributed by atoms with van der Waals surface area (Å²) in [6.07, 6.45) is 1.26. The summed E-state index contributed by atoms with van der Waals surface area (Å²) in [7, 11) is 0. The molecule has 1 saturated heterocycles. The van der Waals surface area contributed by atoms with E-state index in [4.69, 9.17) is 5.26 Å². The van der Waals surface area contributed by atoms with E-state index in [1.54, 1.807) is 0 Å². The summed E-state index contributed by atoms with van der Waals surface area (Å²) < 4.78 is 0. The molecule has 1 heterocycles. The van der Waals surface area contributed by atoms with Gasteiger partial charge < -0.3 is 0 Å². The SMILES string of the molecule is CC(C#N)CN1CC(C)CC1(C)C. The average Bonchev–Trinajstić information content (AvgIpc) is 2.24. The molecule has 0 aromatic carbocycles. The molecule has 2 atom stereocenters. The maximum absolute atomic E-state index is 8.75. The molecular weight excluding hydrogens is 160 g/mol. The quantitative estimate of drug-likeness (QED) is 0.652. The first-order chi connectivity index (χ1) is 5.95. The molecule has 0 aromatic rings. The minimum absolute atomic E-state index is 0.157. The van der Waals surface area contributed by atoms with E-state index in [0.717, 1.165) is 19.0 Å². The molecule has 1 rings (SSSR count). The van der Waals surface area contributed by atoms with Crippen molar-refractivity contribution in [2.24, 2.45) is 11.8 Å². The predicted molar refractivity (Wildman–Crippen MR) is 54.2 cm³/mol. The fourth-order valence-corrected chi connectivity index (χ4v) is 2.36. The highest BCUT2D eigenvalue weighted by Gasteiger charge is 2.36. The summed E-state index contributed by atoms with van der Waals surface area (Å²) in [5.74, 6) is 0.936. The van der Waals surface area contributed by atoms with Crippen LogP contribution < -0.4 is 0 Å². The monoisotopic (exact) mass is 180 g/mol. The van der Waals surface area contributed by atoms with Gasteiger partial charge in [0.1, 0.15) is 0 Å². The largest absolute Gasteiger partial charge is 0.297 e. The van der Waals surface area contributed by atoms with E-state index < -0.39 is 0 Å². The lowest BCUT2D eigenvalue weighted by Gasteiger charge is -2.32. The zero-order valence-corrected chi connectivity index (χ0v) is 9.17. The minimum atomic E-state index is 0.157. The first-order valence-corrected chi connectivity index (χ1v) is 5.10. The van der Waals surface area contributed by atoms with E-state index in [-0.39, 0.29) is 5.92 Å². The Morgan fingerprint density at radius 1 is 1.62 bits per heavy atom. The van der Waals surface area contributed by atoms with Gasteiger partial charge >= 0.3 is 0 Å². The number of likely N-dealkylation sites (tertiary alicyclic amines) is 1. The standard InChI is InChI=1S/C11H20N2/c1-9-5-11(3,4)13(7-9)8-10(2)6-12/h9-10H,5,7-8H2,1-4H3. The Morgan fingerprint density at radius 2 is 2.23 bits per heavy atom. The molecule has 0 spiro atoms. The van der Waals surface area contributed by atoms with E-state index in [1.807, 2.05) is 6.92 Å². The van der Waals surface area contributed by atoms with E-state index in [9.17, 15) is 0 Å². The summed E-state index contributed by atoms with van der Waals surface area (Å²) in [5, 5.41) is 8.75. The molecule has 1 aliphatic heterocycles. The van der Waals surface area contributed by atoms with Gasteiger partial charge in [-0.15, -0.1) is 0 Å². The molecule has 0 radical (unpaired) electrons. The molecule has 1 aliphatic rings. The Kier molecular flexibility index (Phi) is 2.98. The number of hydrogen-bond acceptors (Lipinski definition) is 2. The molecule has 13 heavy (non-hydrogen) atoms. The first-order valence-electron chi connectivity index (χ1n) is 5.10. The van der Waals surface area contributed by atoms with Crippen LogP contribution in [0.1, 0.15) is 34.1 Å². The summed E-state index contributed by atoms with van der Waals surface area (Å²) in [6, 6.07) is 2.30. The molecule has 2 unspecified atom stereocenters. The molecule has 0 saturated carbocycles. The summed E-state index contributed by atoms with van der Waals surface area (Å²) >= 11 is 0. The average molecular weight is 180 g/mol. The first kappa shape index (κ1) is 10.5. The van der Waals surface area contributed by atoms with E-state index in [0.29, 0.717) is 5.54 Å². The van der Waals surface area contributed by atoms with Crippen molar-refractivity contribution in [3.8, 4) is 6.07 Å². The Balaban J connectivity index is 2.56. The second-order valence-corrected chi connectivity index (χ2v) is 5.06. The molecule has 2 nitrogen and oxygen atoms in total. The van der Waals surface area contributed by atoms with Crippen LogP contribution in [0, 0.1) is 23.2 Å². The molecule has 0 aromatic heterocycles. The Bertz CT molecular complexity index is 215. The van der Waals surface area contributed by atoms with Gasteiger partial charge in [0.05, 0.1) is 12.0 Å². The second-order valence-electron chi connectivity index (χ2n) is 5.06. The maximum Gasteiger partial charge on any atom is 0.0666 e. The lowest BCUT2D eigenvalue weighted by Crippen LogP contribution is -2.40. The highest BCUT2D eigenvalue weighted by molar-refractivity contribution is 4.94. The van der Waals surface area contributed by atoms with Gasteiger partial charge in [-0.25, -0.2) is 0 Å². The van der Waals surface area contributed by atoms with Crippen LogP contribution in [0.15, 0.2) is 0 Å². The van der Waals surface area contributed by atoms with Gasteiger partial charge in [-0.1, -0.05) is 6.92 Å². The van der Waals surface area contributed by atoms with Crippen LogP contribution in [-0.2, 0) is 0 Å². The van der Waals surface area contributed by atoms with Crippen molar-refractivity contribution in [1.82, 2.24) is 4.90 Å². The number of nitriles is 1. The molecular formula is C11H20N2. The van der Waals surface area contributed by atoms with Gasteiger partial charge in [-0.2, -0.15) is 5.26 Å². The van der Waals surface area contributed by atoms with Crippen LogP contribution in [0.25, 0.3) is 0 Å².